The van der Waals surface area contributed by atoms with Gasteiger partial charge in [-0.25, -0.2) is 4.79 Å². The van der Waals surface area contributed by atoms with Crippen LogP contribution in [-0.2, 0) is 18.0 Å². The SMILES string of the molecule is Cn1cccc1-c1ccc(C(N=C=O)NC(=O)c2cccc(NC(=O)c3ccccc3-c3ccc(C(F)(F)F)cc3)c2)cc1. The summed E-state index contributed by atoms with van der Waals surface area (Å²) in [5.74, 6) is -1.05. The van der Waals surface area contributed by atoms with E-state index in [0.29, 0.717) is 22.4 Å². The Morgan fingerprint density at radius 2 is 1.52 bits per heavy atom. The molecule has 1 heterocycles. The van der Waals surface area contributed by atoms with Crippen LogP contribution in [0.2, 0.25) is 0 Å². The predicted octanol–water partition coefficient (Wildman–Crippen LogP) is 7.39. The third-order valence-electron chi connectivity index (χ3n) is 6.99. The fourth-order valence-electron chi connectivity index (χ4n) is 4.76. The van der Waals surface area contributed by atoms with Gasteiger partial charge in [-0.05, 0) is 70.8 Å². The Morgan fingerprint density at radius 3 is 2.18 bits per heavy atom. The molecule has 0 aliphatic rings. The quantitative estimate of drug-likeness (QED) is 0.145. The second kappa shape index (κ2) is 12.6. The van der Waals surface area contributed by atoms with Gasteiger partial charge in [0.25, 0.3) is 11.8 Å². The third kappa shape index (κ3) is 6.67. The molecule has 5 rings (SSSR count). The molecular weight excluding hydrogens is 569 g/mol. The molecule has 2 N–H and O–H groups in total. The molecule has 1 aromatic heterocycles. The lowest BCUT2D eigenvalue weighted by atomic mass is 9.98. The maximum atomic E-state index is 13.2. The minimum Gasteiger partial charge on any atom is -0.351 e. The molecule has 0 saturated heterocycles. The maximum Gasteiger partial charge on any atom is 0.416 e. The summed E-state index contributed by atoms with van der Waals surface area (Å²) in [4.78, 5) is 41.3. The summed E-state index contributed by atoms with van der Waals surface area (Å²) in [6, 6.07) is 28.4. The van der Waals surface area contributed by atoms with Crippen LogP contribution in [0.1, 0.15) is 38.0 Å². The van der Waals surface area contributed by atoms with E-state index < -0.39 is 29.7 Å². The largest absolute Gasteiger partial charge is 0.416 e. The van der Waals surface area contributed by atoms with E-state index in [2.05, 4.69) is 15.6 Å². The average molecular weight is 595 g/mol. The van der Waals surface area contributed by atoms with Crippen molar-refractivity contribution in [2.24, 2.45) is 12.0 Å². The Labute approximate surface area is 250 Å². The summed E-state index contributed by atoms with van der Waals surface area (Å²) >= 11 is 0. The molecular formula is C34H25F3N4O3. The summed E-state index contributed by atoms with van der Waals surface area (Å²) in [5, 5.41) is 5.45. The highest BCUT2D eigenvalue weighted by Crippen LogP contribution is 2.32. The van der Waals surface area contributed by atoms with Crippen molar-refractivity contribution >= 4 is 23.6 Å². The summed E-state index contributed by atoms with van der Waals surface area (Å²) in [7, 11) is 1.93. The first-order chi connectivity index (χ1) is 21.1. The van der Waals surface area contributed by atoms with Gasteiger partial charge in [-0.15, -0.1) is 0 Å². The standard InChI is InChI=1S/C34H25F3N4O3/c1-41-19-5-10-30(41)23-11-13-24(14-12-23)31(38-21-42)40-32(43)25-6-4-7-27(20-25)39-33(44)29-9-3-2-8-28(29)22-15-17-26(18-16-22)34(35,36)37/h2-20,31H,1H3,(H,39,44)(H,40,43). The number of aromatic nitrogens is 1. The number of hydrogen-bond donors (Lipinski definition) is 2. The molecule has 0 aliphatic heterocycles. The zero-order valence-corrected chi connectivity index (χ0v) is 23.3. The molecule has 0 radical (unpaired) electrons. The number of isocyanates is 1. The van der Waals surface area contributed by atoms with Crippen LogP contribution in [0.5, 0.6) is 0 Å². The Hall–Kier alpha value is -5.73. The summed E-state index contributed by atoms with van der Waals surface area (Å²) in [5.41, 5.74) is 3.36. The van der Waals surface area contributed by atoms with Crippen molar-refractivity contribution in [2.45, 2.75) is 12.3 Å². The van der Waals surface area contributed by atoms with E-state index in [0.717, 1.165) is 23.4 Å². The number of aryl methyl sites for hydroxylation is 1. The fourth-order valence-corrected chi connectivity index (χ4v) is 4.76. The molecule has 2 amide bonds. The van der Waals surface area contributed by atoms with Gasteiger partial charge in [0.15, 0.2) is 6.17 Å². The van der Waals surface area contributed by atoms with Gasteiger partial charge in [-0.1, -0.05) is 60.7 Å². The number of amides is 2. The number of halogens is 3. The predicted molar refractivity (Wildman–Crippen MR) is 160 cm³/mol. The van der Waals surface area contributed by atoms with Crippen LogP contribution in [0, 0.1) is 0 Å². The van der Waals surface area contributed by atoms with Crippen molar-refractivity contribution in [3.8, 4) is 22.4 Å². The second-order valence-corrected chi connectivity index (χ2v) is 9.88. The second-order valence-electron chi connectivity index (χ2n) is 9.88. The molecule has 1 unspecified atom stereocenters. The van der Waals surface area contributed by atoms with Gasteiger partial charge in [0.2, 0.25) is 6.08 Å². The van der Waals surface area contributed by atoms with E-state index >= 15 is 0 Å². The van der Waals surface area contributed by atoms with Crippen molar-refractivity contribution in [3.05, 3.63) is 138 Å². The van der Waals surface area contributed by atoms with E-state index in [1.54, 1.807) is 54.6 Å². The molecule has 220 valence electrons. The van der Waals surface area contributed by atoms with E-state index in [1.165, 1.54) is 24.3 Å². The van der Waals surface area contributed by atoms with E-state index in [-0.39, 0.29) is 11.1 Å². The van der Waals surface area contributed by atoms with Gasteiger partial charge in [0, 0.05) is 35.8 Å². The first kappa shape index (κ1) is 29.8. The Balaban J connectivity index is 1.31. The minimum atomic E-state index is -4.47. The Kier molecular flexibility index (Phi) is 8.55. The van der Waals surface area contributed by atoms with Crippen LogP contribution < -0.4 is 10.6 Å². The van der Waals surface area contributed by atoms with Crippen molar-refractivity contribution in [3.63, 3.8) is 0 Å². The lowest BCUT2D eigenvalue weighted by Crippen LogP contribution is -2.27. The highest BCUT2D eigenvalue weighted by molar-refractivity contribution is 6.09. The monoisotopic (exact) mass is 594 g/mol. The maximum absolute atomic E-state index is 13.2. The molecule has 10 heteroatoms. The van der Waals surface area contributed by atoms with Crippen molar-refractivity contribution in [1.82, 2.24) is 9.88 Å². The number of benzene rings is 4. The molecule has 4 aromatic carbocycles. The van der Waals surface area contributed by atoms with Crippen LogP contribution in [0.4, 0.5) is 18.9 Å². The lowest BCUT2D eigenvalue weighted by molar-refractivity contribution is -0.137. The van der Waals surface area contributed by atoms with Gasteiger partial charge in [0.1, 0.15) is 0 Å². The highest BCUT2D eigenvalue weighted by atomic mass is 19.4. The summed E-state index contributed by atoms with van der Waals surface area (Å²) in [6.45, 7) is 0. The first-order valence-electron chi connectivity index (χ1n) is 13.4. The van der Waals surface area contributed by atoms with E-state index in [1.807, 2.05) is 42.1 Å². The molecule has 5 aromatic rings. The molecule has 0 spiro atoms. The number of rotatable bonds is 8. The molecule has 0 aliphatic carbocycles. The molecule has 0 saturated carbocycles. The first-order valence-corrected chi connectivity index (χ1v) is 13.4. The molecule has 0 fully saturated rings. The molecule has 44 heavy (non-hydrogen) atoms. The minimum absolute atomic E-state index is 0.199. The molecule has 0 bridgehead atoms. The molecule has 7 nitrogen and oxygen atoms in total. The fraction of sp³-hybridized carbons (Fsp3) is 0.0882. The number of carbonyl (C=O) groups excluding carboxylic acids is 3. The van der Waals surface area contributed by atoms with Crippen LogP contribution in [-0.4, -0.2) is 22.5 Å². The van der Waals surface area contributed by atoms with Crippen molar-refractivity contribution in [2.75, 3.05) is 5.32 Å². The zero-order valence-electron chi connectivity index (χ0n) is 23.3. The van der Waals surface area contributed by atoms with Crippen LogP contribution >= 0.6 is 0 Å². The number of nitrogens with zero attached hydrogens (tertiary/aromatic N) is 2. The number of aliphatic imine (C=N–C) groups is 1. The van der Waals surface area contributed by atoms with Crippen LogP contribution in [0.15, 0.2) is 120 Å². The average Bonchev–Trinajstić information content (AvgIpc) is 3.46. The van der Waals surface area contributed by atoms with E-state index in [4.69, 9.17) is 0 Å². The van der Waals surface area contributed by atoms with Crippen molar-refractivity contribution < 1.29 is 27.6 Å². The lowest BCUT2D eigenvalue weighted by Gasteiger charge is -2.15. The topological polar surface area (TPSA) is 92.6 Å². The summed E-state index contributed by atoms with van der Waals surface area (Å²) in [6.07, 6.45) is -2.03. The number of alkyl halides is 3. The van der Waals surface area contributed by atoms with E-state index in [9.17, 15) is 27.6 Å². The smallest absolute Gasteiger partial charge is 0.351 e. The normalized spacial score (nSPS) is 11.7. The molecule has 1 atom stereocenters. The number of hydrogen-bond acceptors (Lipinski definition) is 4. The number of carbonyl (C=O) groups is 2. The Bertz CT molecular complexity index is 1860. The van der Waals surface area contributed by atoms with Gasteiger partial charge in [0.05, 0.1) is 5.56 Å². The summed E-state index contributed by atoms with van der Waals surface area (Å²) < 4.78 is 41.0. The van der Waals surface area contributed by atoms with Gasteiger partial charge < -0.3 is 15.2 Å². The van der Waals surface area contributed by atoms with Gasteiger partial charge >= 0.3 is 6.18 Å². The third-order valence-corrected chi connectivity index (χ3v) is 6.99. The van der Waals surface area contributed by atoms with Crippen LogP contribution in [0.25, 0.3) is 22.4 Å². The highest BCUT2D eigenvalue weighted by Gasteiger charge is 2.30. The van der Waals surface area contributed by atoms with Gasteiger partial charge in [-0.3, -0.25) is 9.59 Å². The zero-order chi connectivity index (χ0) is 31.3. The van der Waals surface area contributed by atoms with Gasteiger partial charge in [-0.2, -0.15) is 18.2 Å². The van der Waals surface area contributed by atoms with Crippen molar-refractivity contribution in [1.29, 1.82) is 0 Å². The van der Waals surface area contributed by atoms with Crippen LogP contribution in [0.3, 0.4) is 0 Å². The number of nitrogens with one attached hydrogen (secondary N) is 2. The number of anilines is 1. The Morgan fingerprint density at radius 1 is 0.818 bits per heavy atom.